The van der Waals surface area contributed by atoms with Gasteiger partial charge in [0, 0.05) is 23.0 Å². The van der Waals surface area contributed by atoms with Crippen molar-refractivity contribution in [1.82, 2.24) is 4.90 Å². The number of aliphatic hydroxyl groups is 2. The maximum atomic E-state index is 13.4. The summed E-state index contributed by atoms with van der Waals surface area (Å²) < 4.78 is 6.96. The van der Waals surface area contributed by atoms with E-state index in [1.807, 2.05) is 27.7 Å². The summed E-state index contributed by atoms with van der Waals surface area (Å²) in [4.78, 5) is 26.9. The molecule has 2 fully saturated rings. The van der Waals surface area contributed by atoms with E-state index >= 15 is 0 Å². The summed E-state index contributed by atoms with van der Waals surface area (Å²) >= 11 is 0. The highest BCUT2D eigenvalue weighted by Crippen LogP contribution is 2.67. The SMILES string of the molecule is CC(C)CC(C(=O)O)N1Cc2c(cc(O)c3c2O[C@]2(C3)[C@H](C)CC[C@H]3C(C)(C)[C@H](O)[C@H](O)C[C@@]32C)C1=O. The number of benzene rings is 1. The molecule has 4 N–H and O–H groups in total. The number of carbonyl (C=O) groups is 2. The zero-order valence-corrected chi connectivity index (χ0v) is 22.7. The average Bonchev–Trinajstić information content (AvgIpc) is 3.35. The first kappa shape index (κ1) is 26.3. The number of ether oxygens (including phenoxy) is 1. The van der Waals surface area contributed by atoms with Gasteiger partial charge in [0.15, 0.2) is 0 Å². The van der Waals surface area contributed by atoms with Crippen LogP contribution in [0.5, 0.6) is 11.5 Å². The van der Waals surface area contributed by atoms with Crippen LogP contribution in [0.15, 0.2) is 6.07 Å². The van der Waals surface area contributed by atoms with E-state index in [2.05, 4.69) is 13.8 Å². The molecular formula is C29H41NO7. The van der Waals surface area contributed by atoms with Crippen LogP contribution in [0.2, 0.25) is 0 Å². The van der Waals surface area contributed by atoms with Crippen molar-refractivity contribution in [3.8, 4) is 11.5 Å². The van der Waals surface area contributed by atoms with Crippen molar-refractivity contribution in [1.29, 1.82) is 0 Å². The molecule has 8 heteroatoms. The van der Waals surface area contributed by atoms with Crippen molar-refractivity contribution in [2.24, 2.45) is 28.6 Å². The summed E-state index contributed by atoms with van der Waals surface area (Å²) in [7, 11) is 0. The van der Waals surface area contributed by atoms with Crippen LogP contribution < -0.4 is 4.74 Å². The number of aliphatic carboxylic acids is 1. The minimum absolute atomic E-state index is 0.00913. The van der Waals surface area contributed by atoms with Gasteiger partial charge in [0.05, 0.1) is 24.3 Å². The quantitative estimate of drug-likeness (QED) is 0.481. The third kappa shape index (κ3) is 3.47. The Balaban J connectivity index is 1.58. The van der Waals surface area contributed by atoms with Crippen molar-refractivity contribution in [2.75, 3.05) is 0 Å². The molecule has 8 nitrogen and oxygen atoms in total. The van der Waals surface area contributed by atoms with Gasteiger partial charge in [-0.05, 0) is 54.9 Å². The zero-order chi connectivity index (χ0) is 27.2. The molecule has 0 saturated heterocycles. The predicted molar refractivity (Wildman–Crippen MR) is 136 cm³/mol. The monoisotopic (exact) mass is 515 g/mol. The Morgan fingerprint density at radius 3 is 2.49 bits per heavy atom. The molecule has 7 atom stereocenters. The number of nitrogens with zero attached hydrogens (tertiary/aromatic N) is 1. The highest BCUT2D eigenvalue weighted by molar-refractivity contribution is 6.02. The molecule has 1 unspecified atom stereocenters. The summed E-state index contributed by atoms with van der Waals surface area (Å²) in [5.41, 5.74) is -0.166. The molecule has 0 radical (unpaired) electrons. The van der Waals surface area contributed by atoms with Gasteiger partial charge < -0.3 is 30.1 Å². The van der Waals surface area contributed by atoms with Crippen LogP contribution in [0.25, 0.3) is 0 Å². The van der Waals surface area contributed by atoms with Crippen LogP contribution in [-0.2, 0) is 17.8 Å². The first-order valence-electron chi connectivity index (χ1n) is 13.6. The highest BCUT2D eigenvalue weighted by Gasteiger charge is 2.69. The Bertz CT molecular complexity index is 1150. The second-order valence-electron chi connectivity index (χ2n) is 13.3. The third-order valence-corrected chi connectivity index (χ3v) is 10.4. The molecule has 2 heterocycles. The van der Waals surface area contributed by atoms with E-state index in [1.54, 1.807) is 0 Å². The van der Waals surface area contributed by atoms with Gasteiger partial charge in [0.2, 0.25) is 0 Å². The Morgan fingerprint density at radius 2 is 1.86 bits per heavy atom. The lowest BCUT2D eigenvalue weighted by atomic mass is 9.43. The summed E-state index contributed by atoms with van der Waals surface area (Å²) in [5.74, 6) is -0.676. The van der Waals surface area contributed by atoms with Crippen molar-refractivity contribution >= 4 is 11.9 Å². The smallest absolute Gasteiger partial charge is 0.326 e. The summed E-state index contributed by atoms with van der Waals surface area (Å²) in [6, 6.07) is 0.517. The molecule has 2 aliphatic carbocycles. The maximum absolute atomic E-state index is 13.4. The molecule has 4 aliphatic rings. The molecule has 2 aliphatic heterocycles. The molecule has 1 aromatic carbocycles. The highest BCUT2D eigenvalue weighted by atomic mass is 16.5. The average molecular weight is 516 g/mol. The lowest BCUT2D eigenvalue weighted by Crippen LogP contribution is -2.69. The standard InChI is InChI=1S/C29H41NO7/c1-14(2)9-19(26(35)36)30-13-18-16(25(30)34)10-20(31)17-11-29(37-23(17)18)15(3)7-8-22-27(4,5)24(33)21(32)12-28(22,29)6/h10,14-15,19,21-22,24,31-33H,7-9,11-13H2,1-6H3,(H,35,36)/t15-,19?,21-,22+,24-,28+,29-/m1/s1. The van der Waals surface area contributed by atoms with Crippen molar-refractivity contribution in [2.45, 2.75) is 104 Å². The Labute approximate surface area is 218 Å². The van der Waals surface area contributed by atoms with Crippen LogP contribution in [0.4, 0.5) is 0 Å². The number of amides is 1. The number of phenolic OH excluding ortho intramolecular Hbond substituents is 1. The van der Waals surface area contributed by atoms with Gasteiger partial charge in [0.1, 0.15) is 23.1 Å². The number of fused-ring (bicyclic) bond motifs is 5. The first-order valence-corrected chi connectivity index (χ1v) is 13.6. The molecule has 1 aromatic rings. The van der Waals surface area contributed by atoms with E-state index in [0.29, 0.717) is 41.7 Å². The Hall–Kier alpha value is -2.32. The minimum atomic E-state index is -1.04. The van der Waals surface area contributed by atoms with E-state index in [9.17, 15) is 30.0 Å². The molecule has 1 spiro atoms. The number of rotatable bonds is 4. The fourth-order valence-corrected chi connectivity index (χ4v) is 8.49. The maximum Gasteiger partial charge on any atom is 0.326 e. The number of carbonyl (C=O) groups excluding carboxylic acids is 1. The topological polar surface area (TPSA) is 128 Å². The number of phenols is 1. The number of carboxylic acids is 1. The van der Waals surface area contributed by atoms with E-state index < -0.39 is 46.6 Å². The van der Waals surface area contributed by atoms with Crippen molar-refractivity contribution < 1.29 is 34.8 Å². The first-order chi connectivity index (χ1) is 17.2. The second-order valence-corrected chi connectivity index (χ2v) is 13.3. The second kappa shape index (κ2) is 8.34. The van der Waals surface area contributed by atoms with Crippen molar-refractivity contribution in [3.05, 3.63) is 22.8 Å². The largest absolute Gasteiger partial charge is 0.508 e. The molecule has 5 rings (SSSR count). The lowest BCUT2D eigenvalue weighted by molar-refractivity contribution is -0.240. The van der Waals surface area contributed by atoms with Crippen LogP contribution in [0.1, 0.15) is 88.7 Å². The Morgan fingerprint density at radius 1 is 1.19 bits per heavy atom. The molecule has 37 heavy (non-hydrogen) atoms. The van der Waals surface area contributed by atoms with Gasteiger partial charge in [-0.25, -0.2) is 4.79 Å². The number of aliphatic hydroxyl groups excluding tert-OH is 2. The van der Waals surface area contributed by atoms with Crippen LogP contribution in [-0.4, -0.2) is 61.1 Å². The van der Waals surface area contributed by atoms with Crippen LogP contribution in [0, 0.1) is 28.6 Å². The van der Waals surface area contributed by atoms with Crippen molar-refractivity contribution in [3.63, 3.8) is 0 Å². The van der Waals surface area contributed by atoms with Crippen LogP contribution in [0.3, 0.4) is 0 Å². The predicted octanol–water partition coefficient (Wildman–Crippen LogP) is 3.73. The zero-order valence-electron chi connectivity index (χ0n) is 22.7. The molecule has 204 valence electrons. The van der Waals surface area contributed by atoms with E-state index in [1.165, 1.54) is 11.0 Å². The summed E-state index contributed by atoms with van der Waals surface area (Å²) in [5, 5.41) is 42.9. The van der Waals surface area contributed by atoms with Gasteiger partial charge in [-0.15, -0.1) is 0 Å². The van der Waals surface area contributed by atoms with Gasteiger partial charge in [0.25, 0.3) is 5.91 Å². The number of carboxylic acid groups (broad SMARTS) is 1. The summed E-state index contributed by atoms with van der Waals surface area (Å²) in [6.45, 7) is 12.3. The van der Waals surface area contributed by atoms with E-state index in [-0.39, 0.29) is 30.0 Å². The summed E-state index contributed by atoms with van der Waals surface area (Å²) in [6.07, 6.45) is 1.21. The van der Waals surface area contributed by atoms with Gasteiger partial charge in [-0.3, -0.25) is 4.79 Å². The molecule has 0 bridgehead atoms. The van der Waals surface area contributed by atoms with Gasteiger partial charge >= 0.3 is 5.97 Å². The third-order valence-electron chi connectivity index (χ3n) is 10.4. The fourth-order valence-electron chi connectivity index (χ4n) is 8.49. The normalized spacial score (nSPS) is 36.8. The van der Waals surface area contributed by atoms with E-state index in [0.717, 1.165) is 12.8 Å². The number of hydrogen-bond donors (Lipinski definition) is 4. The van der Waals surface area contributed by atoms with Crippen LogP contribution >= 0.6 is 0 Å². The molecule has 2 saturated carbocycles. The molecule has 1 amide bonds. The van der Waals surface area contributed by atoms with Gasteiger partial charge in [-0.2, -0.15) is 0 Å². The minimum Gasteiger partial charge on any atom is -0.508 e. The molecule has 0 aromatic heterocycles. The van der Waals surface area contributed by atoms with E-state index in [4.69, 9.17) is 4.74 Å². The fraction of sp³-hybridized carbons (Fsp3) is 0.724. The number of hydrogen-bond acceptors (Lipinski definition) is 6. The van der Waals surface area contributed by atoms with Gasteiger partial charge in [-0.1, -0.05) is 41.5 Å². The molecular weight excluding hydrogens is 474 g/mol. The lowest BCUT2D eigenvalue weighted by Gasteiger charge is -2.64. The number of aromatic hydroxyl groups is 1. The Kier molecular flexibility index (Phi) is 5.93.